The highest BCUT2D eigenvalue weighted by Crippen LogP contribution is 2.34. The van der Waals surface area contributed by atoms with E-state index in [2.05, 4.69) is 39.9 Å². The third-order valence-electron chi connectivity index (χ3n) is 7.56. The Morgan fingerprint density at radius 2 is 1.81 bits per heavy atom. The van der Waals surface area contributed by atoms with Crippen LogP contribution in [0.5, 0.6) is 0 Å². The Hall–Kier alpha value is -3.36. The summed E-state index contributed by atoms with van der Waals surface area (Å²) in [6, 6.07) is 15.9. The Labute approximate surface area is 214 Å². The van der Waals surface area contributed by atoms with Crippen molar-refractivity contribution in [1.82, 2.24) is 20.1 Å². The SMILES string of the molecule is O=C1CCC(N2Cc3cc(C4CCN(Cc5csc(-c6ccccc6)n5)CC4)ccc3C2=O)C(=O)N1. The van der Waals surface area contributed by atoms with Gasteiger partial charge in [-0.1, -0.05) is 42.5 Å². The van der Waals surface area contributed by atoms with E-state index in [4.69, 9.17) is 4.98 Å². The zero-order valence-electron chi connectivity index (χ0n) is 20.0. The van der Waals surface area contributed by atoms with Crippen LogP contribution < -0.4 is 5.32 Å². The molecular weight excluding hydrogens is 472 g/mol. The van der Waals surface area contributed by atoms with E-state index in [-0.39, 0.29) is 24.1 Å². The molecule has 0 radical (unpaired) electrons. The zero-order chi connectivity index (χ0) is 24.6. The van der Waals surface area contributed by atoms with Crippen LogP contribution in [0.1, 0.15) is 58.8 Å². The number of benzene rings is 2. The van der Waals surface area contributed by atoms with Crippen LogP contribution in [-0.4, -0.2) is 51.6 Å². The summed E-state index contributed by atoms with van der Waals surface area (Å²) >= 11 is 1.70. The fraction of sp³-hybridized carbons (Fsp3) is 0.357. The predicted molar refractivity (Wildman–Crippen MR) is 137 cm³/mol. The number of nitrogens with one attached hydrogen (secondary N) is 1. The van der Waals surface area contributed by atoms with Gasteiger partial charge in [-0.2, -0.15) is 0 Å². The standard InChI is InChI=1S/C28H28N4O3S/c33-25-9-8-24(26(34)30-25)32-15-21-14-20(6-7-23(21)28(32)35)18-10-12-31(13-11-18)16-22-17-36-27(29-22)19-4-2-1-3-5-19/h1-7,14,17-18,24H,8-13,15-16H2,(H,30,33,34). The molecule has 7 nitrogen and oxygen atoms in total. The van der Waals surface area contributed by atoms with Crippen LogP contribution in [0.3, 0.4) is 0 Å². The summed E-state index contributed by atoms with van der Waals surface area (Å²) in [5, 5.41) is 5.60. The number of fused-ring (bicyclic) bond motifs is 1. The molecule has 1 unspecified atom stereocenters. The molecule has 3 aromatic rings. The predicted octanol–water partition coefficient (Wildman–Crippen LogP) is 3.95. The van der Waals surface area contributed by atoms with Crippen molar-refractivity contribution in [3.8, 4) is 10.6 Å². The van der Waals surface area contributed by atoms with Crippen LogP contribution in [0.4, 0.5) is 0 Å². The van der Waals surface area contributed by atoms with E-state index < -0.39 is 6.04 Å². The lowest BCUT2D eigenvalue weighted by atomic mass is 9.88. The van der Waals surface area contributed by atoms with Gasteiger partial charge in [-0.05, 0) is 55.5 Å². The molecular formula is C28H28N4O3S. The van der Waals surface area contributed by atoms with E-state index in [1.54, 1.807) is 16.2 Å². The Balaban J connectivity index is 1.07. The van der Waals surface area contributed by atoms with Gasteiger partial charge in [0.2, 0.25) is 11.8 Å². The van der Waals surface area contributed by atoms with Crippen molar-refractivity contribution in [3.63, 3.8) is 0 Å². The highest BCUT2D eigenvalue weighted by molar-refractivity contribution is 7.13. The molecule has 8 heteroatoms. The van der Waals surface area contributed by atoms with Crippen LogP contribution in [-0.2, 0) is 22.7 Å². The van der Waals surface area contributed by atoms with Gasteiger partial charge in [0.05, 0.1) is 5.69 Å². The third kappa shape index (κ3) is 4.47. The van der Waals surface area contributed by atoms with E-state index in [0.29, 0.717) is 24.4 Å². The average molecular weight is 501 g/mol. The molecule has 1 N–H and O–H groups in total. The molecule has 1 atom stereocenters. The van der Waals surface area contributed by atoms with Crippen LogP contribution in [0.25, 0.3) is 10.6 Å². The second kappa shape index (κ2) is 9.59. The number of carbonyl (C=O) groups is 3. The van der Waals surface area contributed by atoms with E-state index in [1.807, 2.05) is 24.3 Å². The van der Waals surface area contributed by atoms with Gasteiger partial charge in [0, 0.05) is 36.0 Å². The first kappa shape index (κ1) is 23.1. The van der Waals surface area contributed by atoms with Gasteiger partial charge in [-0.3, -0.25) is 24.6 Å². The fourth-order valence-corrected chi connectivity index (χ4v) is 6.41. The van der Waals surface area contributed by atoms with E-state index in [1.165, 1.54) is 11.1 Å². The Kier molecular flexibility index (Phi) is 6.15. The number of nitrogens with zero attached hydrogens (tertiary/aromatic N) is 3. The molecule has 184 valence electrons. The van der Waals surface area contributed by atoms with Crippen molar-refractivity contribution in [2.75, 3.05) is 13.1 Å². The van der Waals surface area contributed by atoms with Crippen LogP contribution in [0.15, 0.2) is 53.9 Å². The van der Waals surface area contributed by atoms with Gasteiger partial charge in [0.25, 0.3) is 5.91 Å². The summed E-state index contributed by atoms with van der Waals surface area (Å²) < 4.78 is 0. The number of thiazole rings is 1. The first-order chi connectivity index (χ1) is 17.5. The van der Waals surface area contributed by atoms with Gasteiger partial charge in [0.15, 0.2) is 0 Å². The third-order valence-corrected chi connectivity index (χ3v) is 8.50. The van der Waals surface area contributed by atoms with Gasteiger partial charge < -0.3 is 4.90 Å². The lowest BCUT2D eigenvalue weighted by molar-refractivity contribution is -0.136. The number of hydrogen-bond acceptors (Lipinski definition) is 6. The summed E-state index contributed by atoms with van der Waals surface area (Å²) in [6.45, 7) is 3.33. The topological polar surface area (TPSA) is 82.6 Å². The Morgan fingerprint density at radius 3 is 2.58 bits per heavy atom. The molecule has 4 heterocycles. The van der Waals surface area contributed by atoms with Crippen molar-refractivity contribution >= 4 is 29.1 Å². The number of hydrogen-bond donors (Lipinski definition) is 1. The first-order valence-electron chi connectivity index (χ1n) is 12.5. The van der Waals surface area contributed by atoms with Gasteiger partial charge in [-0.25, -0.2) is 4.98 Å². The summed E-state index contributed by atoms with van der Waals surface area (Å²) in [7, 11) is 0. The molecule has 2 saturated heterocycles. The van der Waals surface area contributed by atoms with E-state index in [0.717, 1.165) is 48.7 Å². The monoisotopic (exact) mass is 500 g/mol. The van der Waals surface area contributed by atoms with E-state index >= 15 is 0 Å². The molecule has 3 aliphatic rings. The average Bonchev–Trinajstić information content (AvgIpc) is 3.49. The van der Waals surface area contributed by atoms with Crippen LogP contribution >= 0.6 is 11.3 Å². The van der Waals surface area contributed by atoms with Gasteiger partial charge in [-0.15, -0.1) is 11.3 Å². The molecule has 36 heavy (non-hydrogen) atoms. The minimum atomic E-state index is -0.567. The molecule has 2 aromatic carbocycles. The number of rotatable bonds is 5. The number of amides is 3. The summed E-state index contributed by atoms with van der Waals surface area (Å²) in [4.78, 5) is 45.7. The minimum Gasteiger partial charge on any atom is -0.322 e. The number of carbonyl (C=O) groups excluding carboxylic acids is 3. The minimum absolute atomic E-state index is 0.112. The zero-order valence-corrected chi connectivity index (χ0v) is 20.8. The largest absolute Gasteiger partial charge is 0.322 e. The van der Waals surface area contributed by atoms with Crippen LogP contribution in [0.2, 0.25) is 0 Å². The maximum absolute atomic E-state index is 13.0. The molecule has 2 fully saturated rings. The molecule has 1 aromatic heterocycles. The highest BCUT2D eigenvalue weighted by Gasteiger charge is 2.39. The van der Waals surface area contributed by atoms with Gasteiger partial charge >= 0.3 is 0 Å². The lowest BCUT2D eigenvalue weighted by Gasteiger charge is -2.32. The second-order valence-electron chi connectivity index (χ2n) is 9.88. The highest BCUT2D eigenvalue weighted by atomic mass is 32.1. The molecule has 0 saturated carbocycles. The lowest BCUT2D eigenvalue weighted by Crippen LogP contribution is -2.52. The molecule has 0 spiro atoms. The number of likely N-dealkylation sites (tertiary alicyclic amines) is 1. The van der Waals surface area contributed by atoms with Crippen molar-refractivity contribution in [2.45, 2.75) is 50.7 Å². The number of piperidine rings is 2. The number of imide groups is 1. The van der Waals surface area contributed by atoms with Crippen LogP contribution in [0, 0.1) is 0 Å². The maximum atomic E-state index is 13.0. The normalized spacial score (nSPS) is 21.1. The molecule has 0 aliphatic carbocycles. The first-order valence-corrected chi connectivity index (χ1v) is 13.4. The van der Waals surface area contributed by atoms with Crippen molar-refractivity contribution in [1.29, 1.82) is 0 Å². The van der Waals surface area contributed by atoms with Crippen molar-refractivity contribution in [3.05, 3.63) is 76.3 Å². The maximum Gasteiger partial charge on any atom is 0.255 e. The molecule has 3 aliphatic heterocycles. The Bertz CT molecular complexity index is 1310. The molecule has 3 amide bonds. The van der Waals surface area contributed by atoms with Crippen molar-refractivity contribution in [2.24, 2.45) is 0 Å². The smallest absolute Gasteiger partial charge is 0.255 e. The van der Waals surface area contributed by atoms with E-state index in [9.17, 15) is 14.4 Å². The summed E-state index contributed by atoms with van der Waals surface area (Å²) in [5.74, 6) is -0.280. The second-order valence-corrected chi connectivity index (χ2v) is 10.7. The quantitative estimate of drug-likeness (QED) is 0.537. The summed E-state index contributed by atoms with van der Waals surface area (Å²) in [6.07, 6.45) is 2.80. The Morgan fingerprint density at radius 1 is 1.00 bits per heavy atom. The molecule has 6 rings (SSSR count). The van der Waals surface area contributed by atoms with Gasteiger partial charge in [0.1, 0.15) is 11.0 Å². The fourth-order valence-electron chi connectivity index (χ4n) is 5.59. The van der Waals surface area contributed by atoms with Crippen molar-refractivity contribution < 1.29 is 14.4 Å². The summed E-state index contributed by atoms with van der Waals surface area (Å²) in [5.41, 5.74) is 5.23. The number of aromatic nitrogens is 1. The molecule has 0 bridgehead atoms.